The second kappa shape index (κ2) is 6.30. The molecule has 4 aromatic rings. The Morgan fingerprint density at radius 2 is 2.00 bits per heavy atom. The number of aryl methyl sites for hydroxylation is 1. The van der Waals surface area contributed by atoms with Crippen molar-refractivity contribution in [1.82, 2.24) is 29.5 Å². The summed E-state index contributed by atoms with van der Waals surface area (Å²) in [5.41, 5.74) is 6.79. The first-order chi connectivity index (χ1) is 12.5. The zero-order chi connectivity index (χ0) is 18.3. The number of nitrogen functional groups attached to an aromatic ring is 1. The number of nitrogens with two attached hydrogens (primary N) is 1. The first-order valence-electron chi connectivity index (χ1n) is 7.78. The Bertz CT molecular complexity index is 1070. The monoisotopic (exact) mass is 370 g/mol. The van der Waals surface area contributed by atoms with E-state index < -0.39 is 5.82 Å². The van der Waals surface area contributed by atoms with Crippen molar-refractivity contribution in [3.8, 4) is 0 Å². The van der Waals surface area contributed by atoms with Crippen molar-refractivity contribution in [2.45, 2.75) is 12.8 Å². The van der Waals surface area contributed by atoms with Crippen LogP contribution in [-0.4, -0.2) is 29.5 Å². The number of fused-ring (bicyclic) bond motifs is 1. The fourth-order valence-electron chi connectivity index (χ4n) is 2.67. The van der Waals surface area contributed by atoms with Crippen LogP contribution in [-0.2, 0) is 7.05 Å². The van der Waals surface area contributed by atoms with E-state index >= 15 is 0 Å². The summed E-state index contributed by atoms with van der Waals surface area (Å²) in [7, 11) is 1.88. The highest BCUT2D eigenvalue weighted by atomic mass is 32.1. The van der Waals surface area contributed by atoms with E-state index in [1.807, 2.05) is 30.1 Å². The van der Waals surface area contributed by atoms with Crippen LogP contribution in [0.4, 0.5) is 22.0 Å². The summed E-state index contributed by atoms with van der Waals surface area (Å²) in [6, 6.07) is 0. The average molecular weight is 370 g/mol. The minimum atomic E-state index is -0.468. The molecule has 0 radical (unpaired) electrons. The van der Waals surface area contributed by atoms with Gasteiger partial charge in [-0.3, -0.25) is 0 Å². The Kier molecular flexibility index (Phi) is 3.96. The molecule has 26 heavy (non-hydrogen) atoms. The van der Waals surface area contributed by atoms with E-state index in [9.17, 15) is 4.39 Å². The second-order valence-corrected chi connectivity index (χ2v) is 6.69. The molecule has 0 unspecified atom stereocenters. The number of aromatic nitrogens is 6. The van der Waals surface area contributed by atoms with Crippen LogP contribution >= 0.6 is 11.3 Å². The van der Waals surface area contributed by atoms with Crippen molar-refractivity contribution < 1.29 is 4.39 Å². The summed E-state index contributed by atoms with van der Waals surface area (Å²) in [6.45, 7) is 1.95. The molecule has 4 rings (SSSR count). The number of hydrogen-bond donors (Lipinski definition) is 2. The minimum absolute atomic E-state index is 0.166. The normalized spacial score (nSPS) is 12.4. The van der Waals surface area contributed by atoms with Gasteiger partial charge in [-0.15, -0.1) is 11.3 Å². The van der Waals surface area contributed by atoms with E-state index in [0.29, 0.717) is 17.5 Å². The van der Waals surface area contributed by atoms with Gasteiger partial charge < -0.3 is 15.6 Å². The van der Waals surface area contributed by atoms with Crippen LogP contribution in [0, 0.1) is 5.82 Å². The number of anilines is 3. The molecule has 0 fully saturated rings. The van der Waals surface area contributed by atoms with Gasteiger partial charge in [0.1, 0.15) is 22.3 Å². The summed E-state index contributed by atoms with van der Waals surface area (Å²) in [4.78, 5) is 21.9. The molecular formula is C16H15FN8S. The maximum atomic E-state index is 13.1. The molecule has 8 nitrogen and oxygen atoms in total. The molecule has 0 spiro atoms. The molecule has 0 bridgehead atoms. The Morgan fingerprint density at radius 3 is 2.69 bits per heavy atom. The molecule has 4 heterocycles. The molecule has 132 valence electrons. The summed E-state index contributed by atoms with van der Waals surface area (Å²) >= 11 is 1.46. The molecule has 0 saturated heterocycles. The molecule has 0 aliphatic carbocycles. The lowest BCUT2D eigenvalue weighted by Gasteiger charge is -2.11. The SMILES string of the molecule is C[C@H](c1ncc(F)cn1)c1csc2nc(N)nc(Nc3cn(C)cn3)c12. The minimum Gasteiger partial charge on any atom is -0.368 e. The zero-order valence-electron chi connectivity index (χ0n) is 14.0. The van der Waals surface area contributed by atoms with Crippen LogP contribution in [0.1, 0.15) is 24.2 Å². The molecule has 0 aliphatic heterocycles. The number of imidazole rings is 1. The molecule has 0 aliphatic rings. The number of halogens is 1. The highest BCUT2D eigenvalue weighted by Crippen LogP contribution is 2.37. The van der Waals surface area contributed by atoms with E-state index in [-0.39, 0.29) is 11.9 Å². The molecule has 0 aromatic carbocycles. The quantitative estimate of drug-likeness (QED) is 0.569. The Hall–Kier alpha value is -3.14. The fraction of sp³-hybridized carbons (Fsp3) is 0.188. The standard InChI is InChI=1S/C16H15FN8S/c1-8(13-19-3-9(17)4-20-13)10-6-26-15-12(10)14(23-16(18)24-15)22-11-5-25(2)7-21-11/h3-8H,1-2H3,(H3,18,22,23,24)/t8-/m0/s1. The lowest BCUT2D eigenvalue weighted by molar-refractivity contribution is 0.606. The lowest BCUT2D eigenvalue weighted by Crippen LogP contribution is -2.05. The Morgan fingerprint density at radius 1 is 1.23 bits per heavy atom. The maximum absolute atomic E-state index is 13.1. The largest absolute Gasteiger partial charge is 0.368 e. The molecule has 4 aromatic heterocycles. The van der Waals surface area contributed by atoms with Crippen LogP contribution < -0.4 is 11.1 Å². The van der Waals surface area contributed by atoms with E-state index in [1.54, 1.807) is 6.33 Å². The summed E-state index contributed by atoms with van der Waals surface area (Å²) in [6.07, 6.45) is 5.85. The number of nitrogens with zero attached hydrogens (tertiary/aromatic N) is 6. The van der Waals surface area contributed by atoms with Gasteiger partial charge >= 0.3 is 0 Å². The molecule has 1 atom stereocenters. The van der Waals surface area contributed by atoms with E-state index in [4.69, 9.17) is 5.73 Å². The number of thiophene rings is 1. The van der Waals surface area contributed by atoms with Crippen molar-refractivity contribution in [1.29, 1.82) is 0 Å². The second-order valence-electron chi connectivity index (χ2n) is 5.83. The Labute approximate surface area is 152 Å². The van der Waals surface area contributed by atoms with Crippen molar-refractivity contribution in [2.24, 2.45) is 7.05 Å². The molecule has 10 heteroatoms. The summed E-state index contributed by atoms with van der Waals surface area (Å²) in [5, 5.41) is 5.99. The van der Waals surface area contributed by atoms with Crippen molar-refractivity contribution in [2.75, 3.05) is 11.1 Å². The van der Waals surface area contributed by atoms with Gasteiger partial charge in [0.2, 0.25) is 5.95 Å². The van der Waals surface area contributed by atoms with Crippen LogP contribution in [0.15, 0.2) is 30.3 Å². The predicted octanol–water partition coefficient (Wildman–Crippen LogP) is 2.83. The van der Waals surface area contributed by atoms with Crippen LogP contribution in [0.2, 0.25) is 0 Å². The smallest absolute Gasteiger partial charge is 0.223 e. The molecule has 0 saturated carbocycles. The lowest BCUT2D eigenvalue weighted by atomic mass is 10.0. The van der Waals surface area contributed by atoms with Crippen molar-refractivity contribution in [3.63, 3.8) is 0 Å². The van der Waals surface area contributed by atoms with Gasteiger partial charge in [0.05, 0.1) is 24.1 Å². The number of rotatable bonds is 4. The first-order valence-corrected chi connectivity index (χ1v) is 8.66. The van der Waals surface area contributed by atoms with Gasteiger partial charge in [0.25, 0.3) is 0 Å². The highest BCUT2D eigenvalue weighted by molar-refractivity contribution is 7.17. The predicted molar refractivity (Wildman–Crippen MR) is 97.8 cm³/mol. The summed E-state index contributed by atoms with van der Waals surface area (Å²) < 4.78 is 14.9. The van der Waals surface area contributed by atoms with Gasteiger partial charge in [-0.05, 0) is 10.9 Å². The Balaban J connectivity index is 1.81. The van der Waals surface area contributed by atoms with Gasteiger partial charge in [-0.25, -0.2) is 24.3 Å². The van der Waals surface area contributed by atoms with Crippen molar-refractivity contribution >= 4 is 39.1 Å². The van der Waals surface area contributed by atoms with Crippen molar-refractivity contribution in [3.05, 3.63) is 47.5 Å². The topological polar surface area (TPSA) is 107 Å². The van der Waals surface area contributed by atoms with E-state index in [1.165, 1.54) is 11.3 Å². The highest BCUT2D eigenvalue weighted by Gasteiger charge is 2.21. The zero-order valence-corrected chi connectivity index (χ0v) is 14.8. The van der Waals surface area contributed by atoms with Crippen LogP contribution in [0.3, 0.4) is 0 Å². The molecule has 0 amide bonds. The molecular weight excluding hydrogens is 355 g/mol. The molecule has 3 N–H and O–H groups in total. The van der Waals surface area contributed by atoms with Gasteiger partial charge in [-0.1, -0.05) is 6.92 Å². The first kappa shape index (κ1) is 16.3. The summed E-state index contributed by atoms with van der Waals surface area (Å²) in [5.74, 6) is 1.28. The van der Waals surface area contributed by atoms with Gasteiger partial charge in [-0.2, -0.15) is 4.98 Å². The number of hydrogen-bond acceptors (Lipinski definition) is 8. The van der Waals surface area contributed by atoms with Gasteiger partial charge in [0, 0.05) is 19.2 Å². The third-order valence-electron chi connectivity index (χ3n) is 3.92. The third kappa shape index (κ3) is 2.94. The maximum Gasteiger partial charge on any atom is 0.223 e. The fourth-order valence-corrected chi connectivity index (χ4v) is 3.71. The number of nitrogens with one attached hydrogen (secondary N) is 1. The van der Waals surface area contributed by atoms with Gasteiger partial charge in [0.15, 0.2) is 5.82 Å². The van der Waals surface area contributed by atoms with Crippen LogP contribution in [0.5, 0.6) is 0 Å². The van der Waals surface area contributed by atoms with Crippen LogP contribution in [0.25, 0.3) is 10.2 Å². The third-order valence-corrected chi connectivity index (χ3v) is 4.82. The van der Waals surface area contributed by atoms with E-state index in [0.717, 1.165) is 28.2 Å². The van der Waals surface area contributed by atoms with E-state index in [2.05, 4.69) is 30.2 Å². The average Bonchev–Trinajstić information content (AvgIpc) is 3.21.